The van der Waals surface area contributed by atoms with Crippen LogP contribution in [0.1, 0.15) is 44.6 Å². The second kappa shape index (κ2) is 10.0. The molecule has 0 aliphatic carbocycles. The molecule has 0 radical (unpaired) electrons. The Morgan fingerprint density at radius 3 is 2.50 bits per heavy atom. The lowest BCUT2D eigenvalue weighted by Crippen LogP contribution is -1.94. The first-order chi connectivity index (χ1) is 9.76. The van der Waals surface area contributed by atoms with Gasteiger partial charge >= 0.3 is 5.97 Å². The molecule has 0 saturated heterocycles. The van der Waals surface area contributed by atoms with Crippen LogP contribution in [0, 0.1) is 0 Å². The summed E-state index contributed by atoms with van der Waals surface area (Å²) in [7, 11) is 1.40. The van der Waals surface area contributed by atoms with E-state index in [9.17, 15) is 4.79 Å². The maximum Gasteiger partial charge on any atom is 0.330 e. The molecule has 0 fully saturated rings. The second-order valence-corrected chi connectivity index (χ2v) is 4.80. The molecule has 0 amide bonds. The molecule has 0 aliphatic heterocycles. The number of benzene rings is 1. The van der Waals surface area contributed by atoms with Gasteiger partial charge in [-0.15, -0.1) is 0 Å². The molecule has 0 heterocycles. The molecule has 0 aliphatic rings. The largest absolute Gasteiger partial charge is 0.466 e. The minimum Gasteiger partial charge on any atom is -0.466 e. The maximum absolute atomic E-state index is 11.2. The summed E-state index contributed by atoms with van der Waals surface area (Å²) in [6.45, 7) is 2.21. The van der Waals surface area contributed by atoms with Crippen LogP contribution in [-0.2, 0) is 9.53 Å². The Balaban J connectivity index is 2.70. The van der Waals surface area contributed by atoms with E-state index in [1.165, 1.54) is 32.4 Å². The van der Waals surface area contributed by atoms with Gasteiger partial charge in [0.2, 0.25) is 0 Å². The fraction of sp³-hybridized carbons (Fsp3) is 0.389. The smallest absolute Gasteiger partial charge is 0.330 e. The lowest BCUT2D eigenvalue weighted by Gasteiger charge is -2.03. The van der Waals surface area contributed by atoms with Crippen LogP contribution in [0.15, 0.2) is 48.1 Å². The van der Waals surface area contributed by atoms with Gasteiger partial charge in [0.05, 0.1) is 7.11 Å². The van der Waals surface area contributed by atoms with Crippen molar-refractivity contribution in [3.8, 4) is 0 Å². The highest BCUT2D eigenvalue weighted by Crippen LogP contribution is 2.15. The Kier molecular flexibility index (Phi) is 8.13. The third-order valence-corrected chi connectivity index (χ3v) is 3.11. The van der Waals surface area contributed by atoms with Crippen LogP contribution in [0.3, 0.4) is 0 Å². The van der Waals surface area contributed by atoms with Gasteiger partial charge in [0, 0.05) is 6.08 Å². The summed E-state index contributed by atoms with van der Waals surface area (Å²) in [5.74, 6) is -0.308. The number of unbranched alkanes of at least 4 members (excludes halogenated alkanes) is 3. The average molecular weight is 272 g/mol. The molecule has 1 aromatic carbocycles. The van der Waals surface area contributed by atoms with Gasteiger partial charge in [-0.25, -0.2) is 4.79 Å². The first-order valence-corrected chi connectivity index (χ1v) is 7.28. The molecule has 0 N–H and O–H groups in total. The van der Waals surface area contributed by atoms with Gasteiger partial charge < -0.3 is 4.74 Å². The van der Waals surface area contributed by atoms with Gasteiger partial charge in [-0.3, -0.25) is 0 Å². The fourth-order valence-electron chi connectivity index (χ4n) is 1.97. The highest BCUT2D eigenvalue weighted by atomic mass is 16.5. The number of methoxy groups -OCH3 is 1. The lowest BCUT2D eigenvalue weighted by molar-refractivity contribution is -0.134. The Morgan fingerprint density at radius 2 is 1.85 bits per heavy atom. The van der Waals surface area contributed by atoms with Gasteiger partial charge in [0.15, 0.2) is 0 Å². The van der Waals surface area contributed by atoms with Crippen LogP contribution in [0.5, 0.6) is 0 Å². The van der Waals surface area contributed by atoms with E-state index in [0.717, 1.165) is 24.0 Å². The first-order valence-electron chi connectivity index (χ1n) is 7.28. The van der Waals surface area contributed by atoms with Crippen LogP contribution in [0.25, 0.3) is 6.08 Å². The Morgan fingerprint density at radius 1 is 1.10 bits per heavy atom. The summed E-state index contributed by atoms with van der Waals surface area (Å²) < 4.78 is 4.64. The molecule has 0 unspecified atom stereocenters. The van der Waals surface area contributed by atoms with Gasteiger partial charge in [-0.1, -0.05) is 68.7 Å². The Bertz CT molecular complexity index is 444. The van der Waals surface area contributed by atoms with Crippen molar-refractivity contribution in [3.05, 3.63) is 53.6 Å². The number of carbonyl (C=O) groups excluding carboxylic acids is 1. The fourth-order valence-corrected chi connectivity index (χ4v) is 1.97. The number of esters is 1. The van der Waals surface area contributed by atoms with Crippen LogP contribution in [0.4, 0.5) is 0 Å². The maximum atomic E-state index is 11.2. The minimum atomic E-state index is -0.308. The van der Waals surface area contributed by atoms with E-state index >= 15 is 0 Å². The lowest BCUT2D eigenvalue weighted by atomic mass is 10.0. The van der Waals surface area contributed by atoms with Gasteiger partial charge in [-0.2, -0.15) is 0 Å². The number of rotatable bonds is 8. The standard InChI is InChI=1S/C18H24O2/c1-3-4-5-7-12-17(13-14-18(19)20-2)15-16-10-8-6-9-11-16/h6,8-11,13-15H,3-5,7,12H2,1-2H3/b14-13+,17-15+. The predicted molar refractivity (Wildman–Crippen MR) is 84.3 cm³/mol. The van der Waals surface area contributed by atoms with Gasteiger partial charge in [-0.05, 0) is 24.0 Å². The molecule has 1 rings (SSSR count). The quantitative estimate of drug-likeness (QED) is 0.295. The Labute approximate surface area is 122 Å². The molecule has 2 heteroatoms. The van der Waals surface area contributed by atoms with Crippen molar-refractivity contribution < 1.29 is 9.53 Å². The molecule has 0 atom stereocenters. The normalized spacial score (nSPS) is 11.8. The zero-order valence-corrected chi connectivity index (χ0v) is 12.5. The topological polar surface area (TPSA) is 26.3 Å². The predicted octanol–water partition coefficient (Wildman–Crippen LogP) is 4.77. The summed E-state index contributed by atoms with van der Waals surface area (Å²) in [6.07, 6.45) is 11.4. The molecular weight excluding hydrogens is 248 g/mol. The SMILES string of the molecule is CCCCCCC(/C=C/C(=O)OC)=C\c1ccccc1. The zero-order chi connectivity index (χ0) is 14.6. The number of hydrogen-bond donors (Lipinski definition) is 0. The van der Waals surface area contributed by atoms with E-state index in [0.29, 0.717) is 0 Å². The highest BCUT2D eigenvalue weighted by Gasteiger charge is 1.98. The highest BCUT2D eigenvalue weighted by molar-refractivity contribution is 5.82. The molecule has 20 heavy (non-hydrogen) atoms. The monoisotopic (exact) mass is 272 g/mol. The third-order valence-electron chi connectivity index (χ3n) is 3.11. The van der Waals surface area contributed by atoms with Crippen molar-refractivity contribution in [3.63, 3.8) is 0 Å². The van der Waals surface area contributed by atoms with Gasteiger partial charge in [0.25, 0.3) is 0 Å². The molecule has 0 spiro atoms. The van der Waals surface area contributed by atoms with E-state index in [-0.39, 0.29) is 5.97 Å². The van der Waals surface area contributed by atoms with Crippen molar-refractivity contribution in [2.75, 3.05) is 7.11 Å². The summed E-state index contributed by atoms with van der Waals surface area (Å²) in [4.78, 5) is 11.2. The number of hydrogen-bond acceptors (Lipinski definition) is 2. The first kappa shape index (κ1) is 16.2. The molecule has 1 aromatic rings. The zero-order valence-electron chi connectivity index (χ0n) is 12.5. The van der Waals surface area contributed by atoms with Crippen molar-refractivity contribution >= 4 is 12.0 Å². The molecule has 0 aromatic heterocycles. The number of carbonyl (C=O) groups is 1. The summed E-state index contributed by atoms with van der Waals surface area (Å²) in [6, 6.07) is 10.2. The van der Waals surface area contributed by atoms with Crippen LogP contribution < -0.4 is 0 Å². The van der Waals surface area contributed by atoms with E-state index < -0.39 is 0 Å². The minimum absolute atomic E-state index is 0.308. The van der Waals surface area contributed by atoms with Crippen molar-refractivity contribution in [2.45, 2.75) is 39.0 Å². The van der Waals surface area contributed by atoms with E-state index in [1.54, 1.807) is 0 Å². The molecule has 2 nitrogen and oxygen atoms in total. The van der Waals surface area contributed by atoms with E-state index in [2.05, 4.69) is 29.9 Å². The second-order valence-electron chi connectivity index (χ2n) is 4.80. The molecule has 0 bridgehead atoms. The van der Waals surface area contributed by atoms with Gasteiger partial charge in [0.1, 0.15) is 0 Å². The van der Waals surface area contributed by atoms with E-state index in [4.69, 9.17) is 0 Å². The molecule has 108 valence electrons. The molecule has 0 saturated carbocycles. The average Bonchev–Trinajstić information content (AvgIpc) is 2.49. The Hall–Kier alpha value is -1.83. The summed E-state index contributed by atoms with van der Waals surface area (Å²) in [5.41, 5.74) is 2.32. The number of ether oxygens (including phenoxy) is 1. The molecular formula is C18H24O2. The van der Waals surface area contributed by atoms with Crippen LogP contribution in [-0.4, -0.2) is 13.1 Å². The van der Waals surface area contributed by atoms with Crippen LogP contribution >= 0.6 is 0 Å². The van der Waals surface area contributed by atoms with Crippen molar-refractivity contribution in [1.29, 1.82) is 0 Å². The van der Waals surface area contributed by atoms with Crippen LogP contribution in [0.2, 0.25) is 0 Å². The summed E-state index contributed by atoms with van der Waals surface area (Å²) >= 11 is 0. The van der Waals surface area contributed by atoms with Crippen molar-refractivity contribution in [2.24, 2.45) is 0 Å². The summed E-state index contributed by atoms with van der Waals surface area (Å²) in [5, 5.41) is 0. The van der Waals surface area contributed by atoms with E-state index in [1.807, 2.05) is 24.3 Å². The number of allylic oxidation sites excluding steroid dienone is 2. The van der Waals surface area contributed by atoms with Crippen molar-refractivity contribution in [1.82, 2.24) is 0 Å². The third kappa shape index (κ3) is 6.93.